The van der Waals surface area contributed by atoms with Crippen LogP contribution >= 0.6 is 0 Å². The van der Waals surface area contributed by atoms with Crippen molar-refractivity contribution in [3.63, 3.8) is 0 Å². The molecular formula is C10H9NO7S2. The fourth-order valence-corrected chi connectivity index (χ4v) is 2.93. The molecule has 0 saturated heterocycles. The zero-order valence-corrected chi connectivity index (χ0v) is 11.3. The van der Waals surface area contributed by atoms with Crippen molar-refractivity contribution in [1.82, 2.24) is 0 Å². The lowest BCUT2D eigenvalue weighted by Crippen LogP contribution is -2.02. The second-order valence-corrected chi connectivity index (χ2v) is 6.78. The molecule has 108 valence electrons. The molecule has 2 aromatic carbocycles. The summed E-state index contributed by atoms with van der Waals surface area (Å²) in [5.41, 5.74) is 5.29. The summed E-state index contributed by atoms with van der Waals surface area (Å²) in [6.45, 7) is 0. The minimum atomic E-state index is -4.65. The lowest BCUT2D eigenvalue weighted by molar-refractivity contribution is 0.448. The quantitative estimate of drug-likeness (QED) is 0.463. The van der Waals surface area contributed by atoms with Gasteiger partial charge in [-0.1, -0.05) is 6.07 Å². The monoisotopic (exact) mass is 319 g/mol. The first-order chi connectivity index (χ1) is 9.01. The number of hydrogen-bond acceptors (Lipinski definition) is 6. The van der Waals surface area contributed by atoms with Gasteiger partial charge in [-0.15, -0.1) is 0 Å². The molecule has 0 spiro atoms. The Morgan fingerprint density at radius 1 is 0.950 bits per heavy atom. The predicted octanol–water partition coefficient (Wildman–Crippen LogP) is 0.621. The van der Waals surface area contributed by atoms with E-state index in [9.17, 15) is 21.9 Å². The van der Waals surface area contributed by atoms with Crippen LogP contribution in [0.5, 0.6) is 5.75 Å². The Morgan fingerprint density at radius 2 is 1.55 bits per heavy atom. The van der Waals surface area contributed by atoms with Gasteiger partial charge in [0.2, 0.25) is 0 Å². The Bertz CT molecular complexity index is 916. The van der Waals surface area contributed by atoms with Gasteiger partial charge in [0.05, 0.1) is 4.90 Å². The van der Waals surface area contributed by atoms with Crippen molar-refractivity contribution in [2.45, 2.75) is 9.79 Å². The third-order valence-corrected chi connectivity index (χ3v) is 4.35. The van der Waals surface area contributed by atoms with Crippen LogP contribution in [-0.2, 0) is 20.2 Å². The molecule has 8 nitrogen and oxygen atoms in total. The molecule has 0 atom stereocenters. The highest BCUT2D eigenvalue weighted by molar-refractivity contribution is 7.86. The molecule has 0 unspecified atom stereocenters. The molecule has 0 aliphatic rings. The molecule has 10 heteroatoms. The van der Waals surface area contributed by atoms with Crippen LogP contribution in [-0.4, -0.2) is 31.0 Å². The molecule has 0 amide bonds. The topological polar surface area (TPSA) is 155 Å². The Hall–Kier alpha value is -1.88. The van der Waals surface area contributed by atoms with Crippen LogP contribution in [0.3, 0.4) is 0 Å². The lowest BCUT2D eigenvalue weighted by Gasteiger charge is -2.09. The van der Waals surface area contributed by atoms with Gasteiger partial charge in [0.1, 0.15) is 10.6 Å². The van der Waals surface area contributed by atoms with E-state index in [1.165, 1.54) is 0 Å². The molecule has 2 aromatic rings. The fourth-order valence-electron chi connectivity index (χ4n) is 1.79. The molecule has 0 aliphatic carbocycles. The van der Waals surface area contributed by atoms with Gasteiger partial charge < -0.3 is 10.8 Å². The fraction of sp³-hybridized carbons (Fsp3) is 0. The highest BCUT2D eigenvalue weighted by atomic mass is 32.2. The summed E-state index contributed by atoms with van der Waals surface area (Å²) in [5.74, 6) is -0.801. The number of hydrogen-bond donors (Lipinski definition) is 4. The average Bonchev–Trinajstić information content (AvgIpc) is 2.25. The third kappa shape index (κ3) is 2.41. The maximum atomic E-state index is 11.1. The Labute approximate surface area is 114 Å². The maximum Gasteiger partial charge on any atom is 0.298 e. The van der Waals surface area contributed by atoms with E-state index in [2.05, 4.69) is 0 Å². The number of phenols is 1. The Balaban J connectivity index is 2.93. The van der Waals surface area contributed by atoms with E-state index in [0.29, 0.717) is 0 Å². The van der Waals surface area contributed by atoms with Gasteiger partial charge in [-0.25, -0.2) is 0 Å². The highest BCUT2D eigenvalue weighted by Gasteiger charge is 2.21. The highest BCUT2D eigenvalue weighted by Crippen LogP contribution is 2.36. The minimum absolute atomic E-state index is 0.0857. The Morgan fingerprint density at radius 3 is 2.05 bits per heavy atom. The molecule has 0 saturated carbocycles. The van der Waals surface area contributed by atoms with E-state index in [4.69, 9.17) is 14.8 Å². The van der Waals surface area contributed by atoms with Gasteiger partial charge in [0.15, 0.2) is 0 Å². The number of anilines is 1. The van der Waals surface area contributed by atoms with Crippen LogP contribution in [0.2, 0.25) is 0 Å². The first-order valence-corrected chi connectivity index (χ1v) is 7.90. The molecule has 0 aromatic heterocycles. The van der Waals surface area contributed by atoms with E-state index in [1.807, 2.05) is 0 Å². The van der Waals surface area contributed by atoms with Crippen molar-refractivity contribution in [3.05, 3.63) is 24.3 Å². The predicted molar refractivity (Wildman–Crippen MR) is 69.7 cm³/mol. The van der Waals surface area contributed by atoms with Crippen LogP contribution in [0.1, 0.15) is 0 Å². The first kappa shape index (κ1) is 14.5. The maximum absolute atomic E-state index is 11.1. The van der Waals surface area contributed by atoms with Gasteiger partial charge in [-0.2, -0.15) is 16.8 Å². The van der Waals surface area contributed by atoms with Gasteiger partial charge in [0, 0.05) is 11.1 Å². The van der Waals surface area contributed by atoms with E-state index in [0.717, 1.165) is 24.3 Å². The standard InChI is InChI=1S/C10H9NO7S2/c11-7-4-6(19(13,14)15)3-5-1-2-8(20(16,17)18)10(12)9(5)7/h1-4,12H,11H2,(H,13,14,15)(H,16,17,18). The first-order valence-electron chi connectivity index (χ1n) is 5.02. The van der Waals surface area contributed by atoms with Crippen LogP contribution in [0.25, 0.3) is 10.8 Å². The van der Waals surface area contributed by atoms with E-state index in [1.54, 1.807) is 0 Å². The molecule has 0 bridgehead atoms. The summed E-state index contributed by atoms with van der Waals surface area (Å²) in [4.78, 5) is -1.25. The molecule has 2 rings (SSSR count). The van der Waals surface area contributed by atoms with Crippen molar-refractivity contribution >= 4 is 36.7 Å². The largest absolute Gasteiger partial charge is 0.506 e. The smallest absolute Gasteiger partial charge is 0.298 e. The van der Waals surface area contributed by atoms with Gasteiger partial charge in [-0.3, -0.25) is 9.11 Å². The van der Waals surface area contributed by atoms with Crippen LogP contribution in [0.15, 0.2) is 34.1 Å². The summed E-state index contributed by atoms with van der Waals surface area (Å²) in [6.07, 6.45) is 0. The minimum Gasteiger partial charge on any atom is -0.506 e. The number of nitrogen functional groups attached to an aromatic ring is 1. The summed E-state index contributed by atoms with van der Waals surface area (Å²) in [7, 11) is -9.15. The molecule has 0 heterocycles. The Kier molecular flexibility index (Phi) is 3.13. The second kappa shape index (κ2) is 4.31. The van der Waals surface area contributed by atoms with Crippen LogP contribution in [0, 0.1) is 0 Å². The van der Waals surface area contributed by atoms with Crippen molar-refractivity contribution in [2.24, 2.45) is 0 Å². The van der Waals surface area contributed by atoms with E-state index in [-0.39, 0.29) is 16.5 Å². The van der Waals surface area contributed by atoms with Crippen LogP contribution in [0.4, 0.5) is 5.69 Å². The van der Waals surface area contributed by atoms with E-state index >= 15 is 0 Å². The zero-order chi connectivity index (χ0) is 15.3. The van der Waals surface area contributed by atoms with Crippen LogP contribution < -0.4 is 5.73 Å². The molecular weight excluding hydrogens is 310 g/mol. The van der Waals surface area contributed by atoms with Crippen molar-refractivity contribution in [1.29, 1.82) is 0 Å². The normalized spacial score (nSPS) is 12.7. The summed E-state index contributed by atoms with van der Waals surface area (Å²) in [6, 6.07) is 3.91. The zero-order valence-electron chi connectivity index (χ0n) is 9.68. The summed E-state index contributed by atoms with van der Waals surface area (Å²) in [5, 5.41) is 9.77. The number of phenolic OH excluding ortho intramolecular Hbond substituents is 1. The summed E-state index contributed by atoms with van der Waals surface area (Å²) >= 11 is 0. The second-order valence-electron chi connectivity index (χ2n) is 3.97. The SMILES string of the molecule is Nc1cc(S(=O)(=O)O)cc2ccc(S(=O)(=O)O)c(O)c12. The average molecular weight is 319 g/mol. The van der Waals surface area contributed by atoms with Gasteiger partial charge in [-0.05, 0) is 23.6 Å². The number of rotatable bonds is 2. The number of benzene rings is 2. The number of nitrogens with two attached hydrogens (primary N) is 1. The van der Waals surface area contributed by atoms with E-state index < -0.39 is 35.8 Å². The third-order valence-electron chi connectivity index (χ3n) is 2.63. The number of aromatic hydroxyl groups is 1. The van der Waals surface area contributed by atoms with Crippen molar-refractivity contribution in [3.8, 4) is 5.75 Å². The lowest BCUT2D eigenvalue weighted by atomic mass is 10.1. The molecule has 0 fully saturated rings. The summed E-state index contributed by atoms with van der Waals surface area (Å²) < 4.78 is 62.1. The van der Waals surface area contributed by atoms with Gasteiger partial charge in [0.25, 0.3) is 20.2 Å². The van der Waals surface area contributed by atoms with Crippen molar-refractivity contribution in [2.75, 3.05) is 5.73 Å². The molecule has 0 aliphatic heterocycles. The van der Waals surface area contributed by atoms with Crippen molar-refractivity contribution < 1.29 is 31.0 Å². The molecule has 0 radical (unpaired) electrons. The number of fused-ring (bicyclic) bond motifs is 1. The molecule has 20 heavy (non-hydrogen) atoms. The molecule has 5 N–H and O–H groups in total. The van der Waals surface area contributed by atoms with Gasteiger partial charge >= 0.3 is 0 Å².